The summed E-state index contributed by atoms with van der Waals surface area (Å²) in [5.74, 6) is 1.10. The smallest absolute Gasteiger partial charge is 0.272 e. The van der Waals surface area contributed by atoms with Crippen molar-refractivity contribution < 1.29 is 9.90 Å². The molecule has 0 aliphatic carbocycles. The Labute approximate surface area is 191 Å². The number of pyridine rings is 1. The lowest BCUT2D eigenvalue weighted by Crippen LogP contribution is -2.40. The van der Waals surface area contributed by atoms with E-state index >= 15 is 0 Å². The number of carbonyl (C=O) groups is 1. The van der Waals surface area contributed by atoms with Gasteiger partial charge in [-0.1, -0.05) is 18.2 Å². The molecule has 3 aromatic rings. The van der Waals surface area contributed by atoms with E-state index < -0.39 is 0 Å². The summed E-state index contributed by atoms with van der Waals surface area (Å²) in [4.78, 5) is 41.6. The Hall–Kier alpha value is -3.52. The van der Waals surface area contributed by atoms with Crippen LogP contribution in [-0.4, -0.2) is 55.4 Å². The van der Waals surface area contributed by atoms with E-state index in [1.165, 1.54) is 0 Å². The molecule has 5 rings (SSSR count). The van der Waals surface area contributed by atoms with Crippen LogP contribution < -0.4 is 5.56 Å². The molecule has 0 radical (unpaired) electrons. The van der Waals surface area contributed by atoms with E-state index in [0.717, 1.165) is 55.0 Å². The number of likely N-dealkylation sites (tertiary alicyclic amines) is 1. The van der Waals surface area contributed by atoms with Gasteiger partial charge in [0.25, 0.3) is 11.5 Å². The molecule has 0 unspecified atom stereocenters. The van der Waals surface area contributed by atoms with Crippen LogP contribution in [0.3, 0.4) is 0 Å². The number of nitrogens with zero attached hydrogens (tertiary/aromatic N) is 4. The van der Waals surface area contributed by atoms with Crippen molar-refractivity contribution in [2.24, 2.45) is 0 Å². The standard InChI is InChI=1S/C25H27N5O3/c31-19-6-4-17(5-7-19)15-29-12-10-21-20(16-29)24(32)28-23(27-21)18-8-13-30(14-9-18)25(33)22-3-1-2-11-26-22/h1-7,11,18,31H,8-10,12-16H2,(H,27,28,32). The van der Waals surface area contributed by atoms with Crippen molar-refractivity contribution in [2.75, 3.05) is 19.6 Å². The number of H-pyrrole nitrogens is 1. The first-order valence-electron chi connectivity index (χ1n) is 11.4. The fraction of sp³-hybridized carbons (Fsp3) is 0.360. The molecule has 170 valence electrons. The Balaban J connectivity index is 1.24. The van der Waals surface area contributed by atoms with Gasteiger partial charge in [-0.05, 0) is 42.7 Å². The van der Waals surface area contributed by atoms with Crippen LogP contribution >= 0.6 is 0 Å². The lowest BCUT2D eigenvalue weighted by Gasteiger charge is -2.32. The monoisotopic (exact) mass is 445 g/mol. The van der Waals surface area contributed by atoms with Crippen molar-refractivity contribution in [3.63, 3.8) is 0 Å². The average molecular weight is 446 g/mol. The Morgan fingerprint density at radius 2 is 1.88 bits per heavy atom. The van der Waals surface area contributed by atoms with Gasteiger partial charge in [0, 0.05) is 51.3 Å². The molecule has 8 heteroatoms. The number of aromatic hydroxyl groups is 1. The predicted molar refractivity (Wildman–Crippen MR) is 123 cm³/mol. The molecule has 8 nitrogen and oxygen atoms in total. The van der Waals surface area contributed by atoms with Crippen LogP contribution in [0.5, 0.6) is 5.75 Å². The van der Waals surface area contributed by atoms with Gasteiger partial charge >= 0.3 is 0 Å². The third-order valence-electron chi connectivity index (χ3n) is 6.56. The number of rotatable bonds is 4. The van der Waals surface area contributed by atoms with Gasteiger partial charge < -0.3 is 15.0 Å². The van der Waals surface area contributed by atoms with Crippen LogP contribution in [0.1, 0.15) is 51.9 Å². The Morgan fingerprint density at radius 3 is 2.61 bits per heavy atom. The highest BCUT2D eigenvalue weighted by atomic mass is 16.3. The number of benzene rings is 1. The maximum Gasteiger partial charge on any atom is 0.272 e. The summed E-state index contributed by atoms with van der Waals surface area (Å²) >= 11 is 0. The molecule has 2 N–H and O–H groups in total. The second kappa shape index (κ2) is 9.15. The Kier molecular flexibility index (Phi) is 5.92. The normalized spacial score (nSPS) is 17.0. The number of fused-ring (bicyclic) bond motifs is 1. The summed E-state index contributed by atoms with van der Waals surface area (Å²) in [5.41, 5.74) is 3.14. The molecule has 2 aliphatic rings. The molecular weight excluding hydrogens is 418 g/mol. The molecule has 1 saturated heterocycles. The van der Waals surface area contributed by atoms with Crippen molar-refractivity contribution in [1.82, 2.24) is 24.8 Å². The number of phenols is 1. The van der Waals surface area contributed by atoms with Crippen molar-refractivity contribution in [1.29, 1.82) is 0 Å². The van der Waals surface area contributed by atoms with Crippen molar-refractivity contribution in [3.05, 3.63) is 87.4 Å². The summed E-state index contributed by atoms with van der Waals surface area (Å²) in [6.07, 6.45) is 3.91. The molecule has 0 saturated carbocycles. The Bertz CT molecular complexity index is 1180. The second-order valence-electron chi connectivity index (χ2n) is 8.78. The summed E-state index contributed by atoms with van der Waals surface area (Å²) < 4.78 is 0. The molecule has 33 heavy (non-hydrogen) atoms. The topological polar surface area (TPSA) is 102 Å². The number of piperidine rings is 1. The summed E-state index contributed by atoms with van der Waals surface area (Å²) in [7, 11) is 0. The minimum absolute atomic E-state index is 0.0466. The van der Waals surface area contributed by atoms with Gasteiger partial charge in [0.15, 0.2) is 0 Å². The molecule has 1 aromatic carbocycles. The van der Waals surface area contributed by atoms with Gasteiger partial charge in [-0.3, -0.25) is 19.5 Å². The van der Waals surface area contributed by atoms with Crippen molar-refractivity contribution in [2.45, 2.75) is 38.3 Å². The molecule has 0 spiro atoms. The number of phenolic OH excluding ortho intramolecular Hbond substituents is 1. The molecule has 0 bridgehead atoms. The fourth-order valence-corrected chi connectivity index (χ4v) is 4.70. The van der Waals surface area contributed by atoms with Crippen LogP contribution in [0.15, 0.2) is 53.5 Å². The number of aromatic nitrogens is 3. The van der Waals surface area contributed by atoms with Gasteiger partial charge in [-0.15, -0.1) is 0 Å². The maximum absolute atomic E-state index is 12.9. The van der Waals surface area contributed by atoms with Gasteiger partial charge in [0.2, 0.25) is 0 Å². The van der Waals surface area contributed by atoms with E-state index in [0.29, 0.717) is 25.3 Å². The fourth-order valence-electron chi connectivity index (χ4n) is 4.70. The van der Waals surface area contributed by atoms with Gasteiger partial charge in [-0.25, -0.2) is 4.98 Å². The summed E-state index contributed by atoms with van der Waals surface area (Å²) in [5, 5.41) is 9.47. The van der Waals surface area contributed by atoms with E-state index in [-0.39, 0.29) is 23.1 Å². The summed E-state index contributed by atoms with van der Waals surface area (Å²) in [6.45, 7) is 3.38. The van der Waals surface area contributed by atoms with Gasteiger partial charge in [-0.2, -0.15) is 0 Å². The molecule has 2 aliphatic heterocycles. The lowest BCUT2D eigenvalue weighted by atomic mass is 9.95. The van der Waals surface area contributed by atoms with Crippen molar-refractivity contribution >= 4 is 5.91 Å². The van der Waals surface area contributed by atoms with E-state index in [1.54, 1.807) is 30.5 Å². The second-order valence-corrected chi connectivity index (χ2v) is 8.78. The molecular formula is C25H27N5O3. The van der Waals surface area contributed by atoms with E-state index in [4.69, 9.17) is 4.98 Å². The first-order valence-corrected chi connectivity index (χ1v) is 11.4. The number of carbonyl (C=O) groups excluding carboxylic acids is 1. The Morgan fingerprint density at radius 1 is 1.09 bits per heavy atom. The third kappa shape index (κ3) is 4.66. The van der Waals surface area contributed by atoms with Crippen molar-refractivity contribution in [3.8, 4) is 5.75 Å². The van der Waals surface area contributed by atoms with Crippen LogP contribution in [0.4, 0.5) is 0 Å². The first kappa shape index (κ1) is 21.3. The molecule has 1 amide bonds. The highest BCUT2D eigenvalue weighted by molar-refractivity contribution is 5.92. The zero-order valence-electron chi connectivity index (χ0n) is 18.4. The zero-order valence-corrected chi connectivity index (χ0v) is 18.4. The largest absolute Gasteiger partial charge is 0.508 e. The van der Waals surface area contributed by atoms with E-state index in [2.05, 4.69) is 14.9 Å². The number of nitrogens with one attached hydrogen (secondary N) is 1. The zero-order chi connectivity index (χ0) is 22.8. The van der Waals surface area contributed by atoms with Crippen LogP contribution in [0, 0.1) is 0 Å². The molecule has 4 heterocycles. The molecule has 1 fully saturated rings. The number of hydrogen-bond donors (Lipinski definition) is 2. The summed E-state index contributed by atoms with van der Waals surface area (Å²) in [6, 6.07) is 12.5. The van der Waals surface area contributed by atoms with Gasteiger partial charge in [0.05, 0.1) is 11.3 Å². The third-order valence-corrected chi connectivity index (χ3v) is 6.56. The van der Waals surface area contributed by atoms with Gasteiger partial charge in [0.1, 0.15) is 17.3 Å². The molecule has 2 aromatic heterocycles. The van der Waals surface area contributed by atoms with E-state index in [1.807, 2.05) is 23.1 Å². The number of aromatic amines is 1. The maximum atomic E-state index is 12.9. The highest BCUT2D eigenvalue weighted by Gasteiger charge is 2.28. The lowest BCUT2D eigenvalue weighted by molar-refractivity contribution is 0.0705. The highest BCUT2D eigenvalue weighted by Crippen LogP contribution is 2.27. The minimum atomic E-state index is -0.0580. The van der Waals surface area contributed by atoms with E-state index in [9.17, 15) is 14.7 Å². The number of amides is 1. The predicted octanol–water partition coefficient (Wildman–Crippen LogP) is 2.45. The van der Waals surface area contributed by atoms with Crippen LogP contribution in [0.25, 0.3) is 0 Å². The number of hydrogen-bond acceptors (Lipinski definition) is 6. The molecule has 0 atom stereocenters. The average Bonchev–Trinajstić information content (AvgIpc) is 2.86. The van der Waals surface area contributed by atoms with Crippen LogP contribution in [-0.2, 0) is 19.5 Å². The first-order chi connectivity index (χ1) is 16.1. The SMILES string of the molecule is O=C(c1ccccn1)N1CCC(c2nc3c(c(=O)[nH]2)CN(Cc2ccc(O)cc2)CC3)CC1. The minimum Gasteiger partial charge on any atom is -0.508 e. The van der Waals surface area contributed by atoms with Crippen LogP contribution in [0.2, 0.25) is 0 Å². The quantitative estimate of drug-likeness (QED) is 0.640.